The molecular weight excluding hydrogens is 550 g/mol. The maximum atomic E-state index is 13.1. The normalized spacial score (nSPS) is 20.4. The van der Waals surface area contributed by atoms with Gasteiger partial charge in [-0.3, -0.25) is 14.1 Å². The molecule has 19 nitrogen and oxygen atoms in total. The van der Waals surface area contributed by atoms with E-state index in [1.54, 1.807) is 0 Å². The van der Waals surface area contributed by atoms with Crippen molar-refractivity contribution in [2.24, 2.45) is 21.6 Å². The van der Waals surface area contributed by atoms with E-state index in [1.165, 1.54) is 11.6 Å². The van der Waals surface area contributed by atoms with Crippen molar-refractivity contribution in [1.82, 2.24) is 29.6 Å². The van der Waals surface area contributed by atoms with Crippen molar-refractivity contribution < 1.29 is 37.3 Å². The Morgan fingerprint density at radius 3 is 2.61 bits per heavy atom. The first kappa shape index (κ1) is 26.7. The molecule has 1 saturated heterocycles. The molecule has 3 heterocycles. The summed E-state index contributed by atoms with van der Waals surface area (Å²) in [6.07, 6.45) is 1.70. The van der Waals surface area contributed by atoms with Crippen LogP contribution >= 0.6 is 11.3 Å². The molecule has 0 unspecified atom stereocenters. The van der Waals surface area contributed by atoms with Crippen molar-refractivity contribution in [3.05, 3.63) is 23.0 Å². The topological polar surface area (TPSA) is 297 Å². The van der Waals surface area contributed by atoms with E-state index in [2.05, 4.69) is 30.8 Å². The number of carbonyl (C=O) groups is 3. The molecule has 1 saturated carbocycles. The quantitative estimate of drug-likeness (QED) is 0.0504. The number of carboxylic acids is 1. The Kier molecular flexibility index (Phi) is 6.90. The Bertz CT molecular complexity index is 1440. The molecule has 0 bridgehead atoms. The first-order valence-corrected chi connectivity index (χ1v) is 12.9. The number of nitrogens with zero attached hydrogens (tertiary/aromatic N) is 7. The number of aliphatic carboxylic acids is 1. The Morgan fingerprint density at radius 2 is 2.05 bits per heavy atom. The van der Waals surface area contributed by atoms with Crippen LogP contribution in [0.4, 0.5) is 5.13 Å². The van der Waals surface area contributed by atoms with Crippen LogP contribution in [-0.2, 0) is 42.6 Å². The van der Waals surface area contributed by atoms with Crippen LogP contribution in [0.25, 0.3) is 0 Å². The number of nitrogens with one attached hydrogen (secondary N) is 1. The van der Waals surface area contributed by atoms with Gasteiger partial charge in [0.25, 0.3) is 11.8 Å². The van der Waals surface area contributed by atoms with Gasteiger partial charge in [-0.2, -0.15) is 8.42 Å². The molecule has 0 spiro atoms. The number of nitrogens with two attached hydrogens (primary N) is 3. The number of oxime groups is 1. The summed E-state index contributed by atoms with van der Waals surface area (Å²) < 4.78 is 34.5. The van der Waals surface area contributed by atoms with Crippen LogP contribution in [0.2, 0.25) is 0 Å². The first-order chi connectivity index (χ1) is 17.8. The minimum absolute atomic E-state index is 0.0253. The molecule has 2 fully saturated rings. The Hall–Kier alpha value is -4.37. The second-order valence-electron chi connectivity index (χ2n) is 8.20. The Balaban J connectivity index is 1.56. The van der Waals surface area contributed by atoms with Gasteiger partial charge >= 0.3 is 16.3 Å². The molecule has 2 aromatic rings. The first-order valence-electron chi connectivity index (χ1n) is 10.6. The molecular formula is C17H21N11O8S2. The zero-order valence-corrected chi connectivity index (χ0v) is 20.8. The molecule has 1 aliphatic carbocycles. The van der Waals surface area contributed by atoms with Crippen LogP contribution in [0.1, 0.15) is 24.2 Å². The number of nitrogen functional groups attached to an aromatic ring is 1. The molecule has 9 N–H and O–H groups in total. The van der Waals surface area contributed by atoms with Crippen molar-refractivity contribution in [2.45, 2.75) is 43.6 Å². The molecule has 204 valence electrons. The van der Waals surface area contributed by atoms with Gasteiger partial charge in [-0.15, -0.1) is 16.4 Å². The van der Waals surface area contributed by atoms with E-state index in [1.807, 2.05) is 0 Å². The van der Waals surface area contributed by atoms with Gasteiger partial charge in [0.05, 0.1) is 25.3 Å². The second-order valence-corrected chi connectivity index (χ2v) is 10.4. The smallest absolute Gasteiger partial charge is 0.362 e. The maximum Gasteiger partial charge on any atom is 0.362 e. The van der Waals surface area contributed by atoms with E-state index < -0.39 is 51.5 Å². The van der Waals surface area contributed by atoms with E-state index in [0.717, 1.165) is 16.0 Å². The summed E-state index contributed by atoms with van der Waals surface area (Å²) in [5, 5.41) is 24.4. The molecule has 0 radical (unpaired) electrons. The molecule has 2 aromatic heterocycles. The second kappa shape index (κ2) is 9.83. The largest absolute Gasteiger partial charge is 0.478 e. The fourth-order valence-corrected chi connectivity index (χ4v) is 4.83. The number of β-lactam (4-membered cyclic amide) rings is 1. The van der Waals surface area contributed by atoms with E-state index >= 15 is 0 Å². The summed E-state index contributed by atoms with van der Waals surface area (Å²) in [4.78, 5) is 50.0. The number of carboxylic acid groups (broad SMARTS) is 1. The number of guanidine groups is 1. The number of thiazole rings is 1. The van der Waals surface area contributed by atoms with Crippen LogP contribution in [0.15, 0.2) is 21.7 Å². The molecule has 2 amide bonds. The zero-order valence-electron chi connectivity index (χ0n) is 19.2. The average Bonchev–Trinajstić information content (AvgIpc) is 3.29. The molecule has 1 aliphatic heterocycles. The van der Waals surface area contributed by atoms with Crippen LogP contribution in [0.3, 0.4) is 0 Å². The number of anilines is 1. The fourth-order valence-electron chi connectivity index (χ4n) is 3.41. The minimum Gasteiger partial charge on any atom is -0.478 e. The number of aromatic nitrogens is 4. The summed E-state index contributed by atoms with van der Waals surface area (Å²) in [6, 6.07) is -2.79. The summed E-state index contributed by atoms with van der Waals surface area (Å²) in [7, 11) is -5.00. The number of amides is 2. The fraction of sp³-hybridized carbons (Fsp3) is 0.412. The van der Waals surface area contributed by atoms with Crippen molar-refractivity contribution >= 4 is 56.2 Å². The van der Waals surface area contributed by atoms with Crippen molar-refractivity contribution in [3.8, 4) is 0 Å². The van der Waals surface area contributed by atoms with Gasteiger partial charge < -0.3 is 32.5 Å². The third-order valence-corrected chi connectivity index (χ3v) is 7.10. The lowest BCUT2D eigenvalue weighted by Crippen LogP contribution is -2.73. The zero-order chi connectivity index (χ0) is 27.8. The van der Waals surface area contributed by atoms with Crippen molar-refractivity contribution in [3.63, 3.8) is 0 Å². The summed E-state index contributed by atoms with van der Waals surface area (Å²) in [5.41, 5.74) is 14.3. The monoisotopic (exact) mass is 571 g/mol. The summed E-state index contributed by atoms with van der Waals surface area (Å²) >= 11 is 0.962. The highest BCUT2D eigenvalue weighted by Crippen LogP contribution is 2.40. The van der Waals surface area contributed by atoms with Gasteiger partial charge in [0, 0.05) is 18.2 Å². The lowest BCUT2D eigenvalue weighted by Gasteiger charge is -2.43. The van der Waals surface area contributed by atoms with E-state index in [0.29, 0.717) is 5.69 Å². The van der Waals surface area contributed by atoms with Crippen LogP contribution < -0.4 is 22.5 Å². The number of rotatable bonds is 11. The van der Waals surface area contributed by atoms with Crippen LogP contribution in [-0.4, -0.2) is 89.5 Å². The lowest BCUT2D eigenvalue weighted by molar-refractivity contribution is -0.153. The van der Waals surface area contributed by atoms with Gasteiger partial charge in [-0.25, -0.2) is 23.8 Å². The third kappa shape index (κ3) is 5.47. The Morgan fingerprint density at radius 1 is 1.34 bits per heavy atom. The molecule has 0 aromatic carbocycles. The SMILES string of the molecule is NC(N)=NCc1cn(C[C@H]2[C@H](NC(=O)C(=NOC3(C(=O)O)CC3)c3csc(N)n3)C(=O)N2S(=O)(=O)O)nn1. The Labute approximate surface area is 217 Å². The number of hydrogen-bond acceptors (Lipinski definition) is 13. The van der Waals surface area contributed by atoms with Gasteiger partial charge in [0.15, 0.2) is 16.8 Å². The van der Waals surface area contributed by atoms with E-state index in [-0.39, 0.29) is 47.0 Å². The number of carbonyl (C=O) groups excluding carboxylic acids is 2. The predicted octanol–water partition coefficient (Wildman–Crippen LogP) is -3.37. The van der Waals surface area contributed by atoms with Crippen LogP contribution in [0.5, 0.6) is 0 Å². The molecule has 21 heteroatoms. The minimum atomic E-state index is -5.00. The molecule has 2 atom stereocenters. The highest BCUT2D eigenvalue weighted by Gasteiger charge is 2.56. The van der Waals surface area contributed by atoms with Crippen molar-refractivity contribution in [1.29, 1.82) is 0 Å². The standard InChI is InChI=1S/C17H21N11O8S2/c18-15(19)21-3-7-4-27(26-24-7)5-9-11(13(30)28(9)38(33,34)35)23-12(29)10(8-6-37-16(20)22-8)25-36-17(1-2-17)14(31)32/h4,6,9,11H,1-3,5H2,(H2,20,22)(H,23,29)(H,31,32)(H4,18,19,21)(H,33,34,35)/t9-,11-/m0/s1. The van der Waals surface area contributed by atoms with Gasteiger partial charge in [-0.1, -0.05) is 10.4 Å². The van der Waals surface area contributed by atoms with Gasteiger partial charge in [0.1, 0.15) is 17.4 Å². The average molecular weight is 572 g/mol. The van der Waals surface area contributed by atoms with E-state index in [4.69, 9.17) is 22.0 Å². The van der Waals surface area contributed by atoms with Crippen LogP contribution in [0, 0.1) is 0 Å². The van der Waals surface area contributed by atoms with Crippen molar-refractivity contribution in [2.75, 3.05) is 5.73 Å². The maximum absolute atomic E-state index is 13.1. The number of hydrogen-bond donors (Lipinski definition) is 6. The lowest BCUT2D eigenvalue weighted by atomic mass is 9.98. The highest BCUT2D eigenvalue weighted by molar-refractivity contribution is 7.84. The highest BCUT2D eigenvalue weighted by atomic mass is 32.2. The third-order valence-electron chi connectivity index (χ3n) is 5.47. The summed E-state index contributed by atoms with van der Waals surface area (Å²) in [5.74, 6) is -3.65. The molecule has 38 heavy (non-hydrogen) atoms. The predicted molar refractivity (Wildman–Crippen MR) is 127 cm³/mol. The molecule has 4 rings (SSSR count). The van der Waals surface area contributed by atoms with Gasteiger partial charge in [0.2, 0.25) is 5.60 Å². The number of aliphatic imine (C=N–C) groups is 1. The van der Waals surface area contributed by atoms with Gasteiger partial charge in [-0.05, 0) is 0 Å². The molecule has 2 aliphatic rings. The summed E-state index contributed by atoms with van der Waals surface area (Å²) in [6.45, 7) is -0.345. The van der Waals surface area contributed by atoms with E-state index in [9.17, 15) is 32.5 Å².